The van der Waals surface area contributed by atoms with Gasteiger partial charge in [0.2, 0.25) is 0 Å². The fraction of sp³-hybridized carbons (Fsp3) is 0.286. The van der Waals surface area contributed by atoms with Gasteiger partial charge in [-0.1, -0.05) is 60.4 Å². The summed E-state index contributed by atoms with van der Waals surface area (Å²) >= 11 is 0. The molecule has 2 aromatic rings. The number of carboxylic acid groups (broad SMARTS) is 1. The molecule has 25 heavy (non-hydrogen) atoms. The molecule has 1 saturated heterocycles. The number of amides is 1. The Bertz CT molecular complexity index is 684. The molecule has 2 aromatic carbocycles. The van der Waals surface area contributed by atoms with E-state index in [0.717, 1.165) is 12.1 Å². The minimum Gasteiger partial charge on any atom is -0.465 e. The van der Waals surface area contributed by atoms with Crippen LogP contribution < -0.4 is 5.32 Å². The van der Waals surface area contributed by atoms with Gasteiger partial charge in [-0.3, -0.25) is 4.90 Å². The first-order valence-corrected chi connectivity index (χ1v) is 8.51. The van der Waals surface area contributed by atoms with Crippen LogP contribution in [0.25, 0.3) is 0 Å². The predicted octanol–water partition coefficient (Wildman–Crippen LogP) is 3.59. The highest BCUT2D eigenvalue weighted by molar-refractivity contribution is 5.64. The van der Waals surface area contributed by atoms with E-state index in [1.807, 2.05) is 30.3 Å². The Hall–Kier alpha value is -2.77. The summed E-state index contributed by atoms with van der Waals surface area (Å²) in [5.41, 5.74) is 2.33. The molecule has 0 unspecified atom stereocenters. The van der Waals surface area contributed by atoms with Gasteiger partial charge in [-0.15, -0.1) is 0 Å². The second-order valence-electron chi connectivity index (χ2n) is 5.80. The third-order valence-corrected chi connectivity index (χ3v) is 3.78. The zero-order valence-electron chi connectivity index (χ0n) is 14.3. The van der Waals surface area contributed by atoms with Gasteiger partial charge in [0.25, 0.3) is 0 Å². The lowest BCUT2D eigenvalue weighted by molar-refractivity contribution is 0.196. The van der Waals surface area contributed by atoms with Crippen LogP contribution >= 0.6 is 0 Å². The number of likely N-dealkylation sites (tertiary alicyclic amines) is 1. The van der Waals surface area contributed by atoms with Crippen molar-refractivity contribution in [1.29, 1.82) is 0 Å². The van der Waals surface area contributed by atoms with Crippen molar-refractivity contribution in [3.05, 3.63) is 71.8 Å². The van der Waals surface area contributed by atoms with E-state index in [1.165, 1.54) is 31.5 Å². The normalized spacial score (nSPS) is 13.1. The molecule has 2 N–H and O–H groups in total. The highest BCUT2D eigenvalue weighted by atomic mass is 16.4. The van der Waals surface area contributed by atoms with Gasteiger partial charge >= 0.3 is 6.09 Å². The Morgan fingerprint density at radius 1 is 1.00 bits per heavy atom. The molecule has 0 atom stereocenters. The van der Waals surface area contributed by atoms with Crippen LogP contribution in [-0.4, -0.2) is 35.7 Å². The lowest BCUT2D eigenvalue weighted by Crippen LogP contribution is -2.20. The van der Waals surface area contributed by atoms with Gasteiger partial charge in [0.15, 0.2) is 0 Å². The standard InChI is InChI=1S/C11H15N.C10H9NO2/c1-2-6-11(7-3-1)10-12-8-4-5-9-12;12-10(13)11-8-4-7-9-5-2-1-3-6-9/h1-3,6-7H,4-5,8-10H2;1-3,5-6,11H,8H2,(H,12,13). The minimum atomic E-state index is -1.05. The van der Waals surface area contributed by atoms with Crippen molar-refractivity contribution in [2.75, 3.05) is 19.6 Å². The molecule has 4 heteroatoms. The molecular formula is C21H24N2O2. The van der Waals surface area contributed by atoms with Gasteiger partial charge < -0.3 is 10.4 Å². The van der Waals surface area contributed by atoms with Gasteiger partial charge in [-0.05, 0) is 43.6 Å². The lowest BCUT2D eigenvalue weighted by Gasteiger charge is -2.13. The Morgan fingerprint density at radius 2 is 1.60 bits per heavy atom. The molecule has 1 aliphatic heterocycles. The van der Waals surface area contributed by atoms with Crippen LogP contribution in [0, 0.1) is 11.8 Å². The van der Waals surface area contributed by atoms with E-state index in [2.05, 4.69) is 52.4 Å². The van der Waals surface area contributed by atoms with Gasteiger partial charge in [-0.2, -0.15) is 0 Å². The van der Waals surface area contributed by atoms with E-state index >= 15 is 0 Å². The smallest absolute Gasteiger partial charge is 0.405 e. The topological polar surface area (TPSA) is 52.6 Å². The minimum absolute atomic E-state index is 0.157. The molecular weight excluding hydrogens is 312 g/mol. The summed E-state index contributed by atoms with van der Waals surface area (Å²) in [4.78, 5) is 12.6. The van der Waals surface area contributed by atoms with Gasteiger partial charge in [0, 0.05) is 12.1 Å². The highest BCUT2D eigenvalue weighted by Gasteiger charge is 2.10. The molecule has 1 amide bonds. The maximum atomic E-state index is 10.0. The van der Waals surface area contributed by atoms with E-state index in [4.69, 9.17) is 5.11 Å². The first-order chi connectivity index (χ1) is 12.2. The molecule has 1 heterocycles. The number of hydrogen-bond donors (Lipinski definition) is 2. The monoisotopic (exact) mass is 336 g/mol. The first kappa shape index (κ1) is 18.6. The Kier molecular flexibility index (Phi) is 8.10. The van der Waals surface area contributed by atoms with Crippen molar-refractivity contribution in [3.8, 4) is 11.8 Å². The third-order valence-electron chi connectivity index (χ3n) is 3.78. The van der Waals surface area contributed by atoms with Crippen LogP contribution in [0.3, 0.4) is 0 Å². The number of rotatable bonds is 3. The molecule has 0 radical (unpaired) electrons. The highest BCUT2D eigenvalue weighted by Crippen LogP contribution is 2.11. The average molecular weight is 336 g/mol. The molecule has 1 fully saturated rings. The fourth-order valence-electron chi connectivity index (χ4n) is 2.57. The molecule has 0 saturated carbocycles. The lowest BCUT2D eigenvalue weighted by atomic mass is 10.2. The van der Waals surface area contributed by atoms with Crippen molar-refractivity contribution < 1.29 is 9.90 Å². The zero-order chi connectivity index (χ0) is 17.7. The molecule has 0 aliphatic carbocycles. The van der Waals surface area contributed by atoms with E-state index in [1.54, 1.807) is 0 Å². The Labute approximate surface area is 149 Å². The van der Waals surface area contributed by atoms with E-state index in [0.29, 0.717) is 0 Å². The number of benzene rings is 2. The zero-order valence-corrected chi connectivity index (χ0v) is 14.3. The molecule has 0 spiro atoms. The van der Waals surface area contributed by atoms with Crippen molar-refractivity contribution in [1.82, 2.24) is 10.2 Å². The van der Waals surface area contributed by atoms with Crippen LogP contribution in [0.15, 0.2) is 60.7 Å². The number of hydrogen-bond acceptors (Lipinski definition) is 2. The summed E-state index contributed by atoms with van der Waals surface area (Å²) in [7, 11) is 0. The third kappa shape index (κ3) is 8.05. The summed E-state index contributed by atoms with van der Waals surface area (Å²) in [6.45, 7) is 3.87. The summed E-state index contributed by atoms with van der Waals surface area (Å²) in [5.74, 6) is 5.52. The maximum Gasteiger partial charge on any atom is 0.405 e. The van der Waals surface area contributed by atoms with Crippen molar-refractivity contribution in [2.45, 2.75) is 19.4 Å². The molecule has 130 valence electrons. The number of nitrogens with zero attached hydrogens (tertiary/aromatic N) is 1. The SMILES string of the molecule is O=C(O)NCC#Cc1ccccc1.c1ccc(CN2CCCC2)cc1. The molecule has 3 rings (SSSR count). The molecule has 0 bridgehead atoms. The van der Waals surface area contributed by atoms with Crippen LogP contribution in [0.5, 0.6) is 0 Å². The van der Waals surface area contributed by atoms with E-state index in [9.17, 15) is 4.79 Å². The second kappa shape index (κ2) is 10.9. The fourth-order valence-corrected chi connectivity index (χ4v) is 2.57. The summed E-state index contributed by atoms with van der Waals surface area (Å²) < 4.78 is 0. The van der Waals surface area contributed by atoms with Crippen LogP contribution in [0.1, 0.15) is 24.0 Å². The Morgan fingerprint density at radius 3 is 2.20 bits per heavy atom. The van der Waals surface area contributed by atoms with Gasteiger partial charge in [0.05, 0.1) is 6.54 Å². The molecule has 4 nitrogen and oxygen atoms in total. The van der Waals surface area contributed by atoms with Crippen molar-refractivity contribution in [2.24, 2.45) is 0 Å². The summed E-state index contributed by atoms with van der Waals surface area (Å²) in [5, 5.41) is 10.4. The van der Waals surface area contributed by atoms with E-state index in [-0.39, 0.29) is 6.54 Å². The summed E-state index contributed by atoms with van der Waals surface area (Å²) in [6.07, 6.45) is 1.71. The van der Waals surface area contributed by atoms with Gasteiger partial charge in [0.1, 0.15) is 0 Å². The van der Waals surface area contributed by atoms with Crippen molar-refractivity contribution in [3.63, 3.8) is 0 Å². The van der Waals surface area contributed by atoms with Crippen LogP contribution in [0.4, 0.5) is 4.79 Å². The van der Waals surface area contributed by atoms with Crippen LogP contribution in [0.2, 0.25) is 0 Å². The largest absolute Gasteiger partial charge is 0.465 e. The number of nitrogens with one attached hydrogen (secondary N) is 1. The quantitative estimate of drug-likeness (QED) is 0.842. The molecule has 1 aliphatic rings. The number of carbonyl (C=O) groups is 1. The Balaban J connectivity index is 0.000000181. The van der Waals surface area contributed by atoms with Gasteiger partial charge in [-0.25, -0.2) is 4.79 Å². The summed E-state index contributed by atoms with van der Waals surface area (Å²) in [6, 6.07) is 20.1. The average Bonchev–Trinajstić information content (AvgIpc) is 3.14. The van der Waals surface area contributed by atoms with Crippen molar-refractivity contribution >= 4 is 6.09 Å². The van der Waals surface area contributed by atoms with E-state index < -0.39 is 6.09 Å². The maximum absolute atomic E-state index is 10.0. The second-order valence-corrected chi connectivity index (χ2v) is 5.80. The predicted molar refractivity (Wildman–Crippen MR) is 100 cm³/mol. The molecule has 0 aromatic heterocycles. The first-order valence-electron chi connectivity index (χ1n) is 8.51. The van der Waals surface area contributed by atoms with Crippen LogP contribution in [-0.2, 0) is 6.54 Å².